The number of carboxylic acid groups (broad SMARTS) is 1. The van der Waals surface area contributed by atoms with Crippen LogP contribution in [0.4, 0.5) is 0 Å². The van der Waals surface area contributed by atoms with Crippen molar-refractivity contribution in [3.05, 3.63) is 22.9 Å². The SMILES string of the molecule is Cc1cc(C)c(C(=O)O)c(OC2CCC2)n1. The number of ether oxygens (including phenoxy) is 1. The van der Waals surface area contributed by atoms with Gasteiger partial charge in [0, 0.05) is 5.69 Å². The molecule has 1 aromatic rings. The summed E-state index contributed by atoms with van der Waals surface area (Å²) >= 11 is 0. The van der Waals surface area contributed by atoms with Crippen LogP contribution in [0.3, 0.4) is 0 Å². The number of carbonyl (C=O) groups is 1. The number of carboxylic acids is 1. The number of nitrogens with zero attached hydrogens (tertiary/aromatic N) is 1. The van der Waals surface area contributed by atoms with Crippen LogP contribution in [0.5, 0.6) is 5.88 Å². The third kappa shape index (κ3) is 2.01. The minimum absolute atomic E-state index is 0.145. The fraction of sp³-hybridized carbons (Fsp3) is 0.500. The molecule has 1 heterocycles. The molecule has 4 nitrogen and oxygen atoms in total. The number of pyridine rings is 1. The van der Waals surface area contributed by atoms with Crippen LogP contribution >= 0.6 is 0 Å². The Bertz CT molecular complexity index is 425. The molecule has 0 amide bonds. The highest BCUT2D eigenvalue weighted by Crippen LogP contribution is 2.28. The summed E-state index contributed by atoms with van der Waals surface area (Å²) in [4.78, 5) is 15.3. The molecule has 0 aliphatic heterocycles. The maximum Gasteiger partial charge on any atom is 0.341 e. The lowest BCUT2D eigenvalue weighted by atomic mass is 9.96. The van der Waals surface area contributed by atoms with Crippen LogP contribution in [0.15, 0.2) is 6.07 Å². The summed E-state index contributed by atoms with van der Waals surface area (Å²) in [6.45, 7) is 3.61. The van der Waals surface area contributed by atoms with E-state index in [0.717, 1.165) is 25.0 Å². The van der Waals surface area contributed by atoms with Crippen molar-refractivity contribution in [3.63, 3.8) is 0 Å². The number of aromatic carboxylic acids is 1. The fourth-order valence-corrected chi connectivity index (χ4v) is 1.79. The van der Waals surface area contributed by atoms with E-state index in [1.165, 1.54) is 0 Å². The van der Waals surface area contributed by atoms with Gasteiger partial charge in [0.15, 0.2) is 0 Å². The third-order valence-electron chi connectivity index (χ3n) is 2.86. The third-order valence-corrected chi connectivity index (χ3v) is 2.86. The van der Waals surface area contributed by atoms with Crippen molar-refractivity contribution in [2.75, 3.05) is 0 Å². The summed E-state index contributed by atoms with van der Waals surface area (Å²) in [5.41, 5.74) is 1.68. The van der Waals surface area contributed by atoms with Gasteiger partial charge in [-0.1, -0.05) is 0 Å². The van der Waals surface area contributed by atoms with Crippen molar-refractivity contribution in [3.8, 4) is 5.88 Å². The maximum absolute atomic E-state index is 11.1. The van der Waals surface area contributed by atoms with E-state index in [0.29, 0.717) is 5.56 Å². The Balaban J connectivity index is 2.35. The van der Waals surface area contributed by atoms with Crippen LogP contribution in [0.2, 0.25) is 0 Å². The molecule has 86 valence electrons. The van der Waals surface area contributed by atoms with Crippen molar-refractivity contribution in [2.24, 2.45) is 0 Å². The Hall–Kier alpha value is -1.58. The zero-order valence-electron chi connectivity index (χ0n) is 9.49. The molecule has 0 unspecified atom stereocenters. The zero-order valence-corrected chi connectivity index (χ0v) is 9.49. The maximum atomic E-state index is 11.1. The topological polar surface area (TPSA) is 59.4 Å². The first kappa shape index (κ1) is 10.9. The summed E-state index contributed by atoms with van der Waals surface area (Å²) in [7, 11) is 0. The van der Waals surface area contributed by atoms with Crippen LogP contribution < -0.4 is 4.74 Å². The number of hydrogen-bond donors (Lipinski definition) is 1. The van der Waals surface area contributed by atoms with Crippen molar-refractivity contribution >= 4 is 5.97 Å². The van der Waals surface area contributed by atoms with Crippen LogP contribution in [-0.4, -0.2) is 22.2 Å². The molecule has 0 aromatic carbocycles. The molecule has 0 spiro atoms. The quantitative estimate of drug-likeness (QED) is 0.851. The van der Waals surface area contributed by atoms with Crippen molar-refractivity contribution < 1.29 is 14.6 Å². The number of rotatable bonds is 3. The monoisotopic (exact) mass is 221 g/mol. The molecule has 1 fully saturated rings. The Morgan fingerprint density at radius 3 is 2.69 bits per heavy atom. The van der Waals surface area contributed by atoms with Crippen molar-refractivity contribution in [2.45, 2.75) is 39.2 Å². The number of aromatic nitrogens is 1. The van der Waals surface area contributed by atoms with Crippen LogP contribution in [0.1, 0.15) is 40.9 Å². The van der Waals surface area contributed by atoms with Gasteiger partial charge < -0.3 is 9.84 Å². The zero-order chi connectivity index (χ0) is 11.7. The van der Waals surface area contributed by atoms with Gasteiger partial charge in [0.05, 0.1) is 0 Å². The first-order chi connectivity index (χ1) is 7.58. The fourth-order valence-electron chi connectivity index (χ4n) is 1.79. The first-order valence-electron chi connectivity index (χ1n) is 5.46. The van der Waals surface area contributed by atoms with Gasteiger partial charge >= 0.3 is 5.97 Å². The standard InChI is InChI=1S/C12H15NO3/c1-7-6-8(2)13-11(10(7)12(14)15)16-9-4-3-5-9/h6,9H,3-5H2,1-2H3,(H,14,15). The predicted octanol–water partition coefficient (Wildman–Crippen LogP) is 2.33. The summed E-state index contributed by atoms with van der Waals surface area (Å²) < 4.78 is 5.61. The second-order valence-electron chi connectivity index (χ2n) is 4.24. The average Bonchev–Trinajstić information content (AvgIpc) is 2.09. The highest BCUT2D eigenvalue weighted by Gasteiger charge is 2.24. The van der Waals surface area contributed by atoms with E-state index in [1.54, 1.807) is 13.0 Å². The van der Waals surface area contributed by atoms with E-state index in [1.807, 2.05) is 6.92 Å². The van der Waals surface area contributed by atoms with Gasteiger partial charge in [-0.3, -0.25) is 0 Å². The average molecular weight is 221 g/mol. The van der Waals surface area contributed by atoms with E-state index < -0.39 is 5.97 Å². The van der Waals surface area contributed by atoms with E-state index in [9.17, 15) is 4.79 Å². The summed E-state index contributed by atoms with van der Waals surface area (Å²) in [5.74, 6) is -0.700. The van der Waals surface area contributed by atoms with Crippen LogP contribution in [0.25, 0.3) is 0 Å². The largest absolute Gasteiger partial charge is 0.477 e. The second-order valence-corrected chi connectivity index (χ2v) is 4.24. The summed E-state index contributed by atoms with van der Waals surface area (Å²) in [5, 5.41) is 9.12. The molecule has 16 heavy (non-hydrogen) atoms. The normalized spacial score (nSPS) is 15.6. The molecule has 4 heteroatoms. The molecule has 0 bridgehead atoms. The molecule has 1 aliphatic rings. The minimum Gasteiger partial charge on any atom is -0.477 e. The summed E-state index contributed by atoms with van der Waals surface area (Å²) in [6.07, 6.45) is 3.28. The Morgan fingerprint density at radius 2 is 2.19 bits per heavy atom. The predicted molar refractivity (Wildman–Crippen MR) is 58.9 cm³/mol. The molecular weight excluding hydrogens is 206 g/mol. The van der Waals surface area contributed by atoms with Gasteiger partial charge in [-0.25, -0.2) is 9.78 Å². The highest BCUT2D eigenvalue weighted by molar-refractivity contribution is 5.91. The molecule has 1 aromatic heterocycles. The van der Waals surface area contributed by atoms with Crippen molar-refractivity contribution in [1.82, 2.24) is 4.98 Å². The van der Waals surface area contributed by atoms with Crippen molar-refractivity contribution in [1.29, 1.82) is 0 Å². The molecular formula is C12H15NO3. The van der Waals surface area contributed by atoms with Gasteiger partial charge in [-0.2, -0.15) is 0 Å². The molecule has 0 atom stereocenters. The molecule has 0 radical (unpaired) electrons. The molecule has 1 N–H and O–H groups in total. The minimum atomic E-state index is -0.973. The van der Waals surface area contributed by atoms with E-state index >= 15 is 0 Å². The lowest BCUT2D eigenvalue weighted by Crippen LogP contribution is -2.26. The van der Waals surface area contributed by atoms with Crippen LogP contribution in [-0.2, 0) is 0 Å². The van der Waals surface area contributed by atoms with Gasteiger partial charge in [0.25, 0.3) is 0 Å². The molecule has 1 aliphatic carbocycles. The first-order valence-corrected chi connectivity index (χ1v) is 5.46. The molecule has 2 rings (SSSR count). The lowest BCUT2D eigenvalue weighted by Gasteiger charge is -2.26. The smallest absolute Gasteiger partial charge is 0.341 e. The molecule has 1 saturated carbocycles. The summed E-state index contributed by atoms with van der Waals surface area (Å²) in [6, 6.07) is 1.76. The highest BCUT2D eigenvalue weighted by atomic mass is 16.5. The van der Waals surface area contributed by atoms with Gasteiger partial charge in [0.2, 0.25) is 5.88 Å². The number of hydrogen-bond acceptors (Lipinski definition) is 3. The second kappa shape index (κ2) is 4.12. The molecule has 0 saturated heterocycles. The Kier molecular flexibility index (Phi) is 2.81. The Morgan fingerprint density at radius 1 is 1.50 bits per heavy atom. The van der Waals surface area contributed by atoms with E-state index in [-0.39, 0.29) is 17.5 Å². The van der Waals surface area contributed by atoms with Gasteiger partial charge in [-0.15, -0.1) is 0 Å². The number of aryl methyl sites for hydroxylation is 2. The van der Waals surface area contributed by atoms with Gasteiger partial charge in [-0.05, 0) is 44.7 Å². The van der Waals surface area contributed by atoms with Gasteiger partial charge in [0.1, 0.15) is 11.7 Å². The van der Waals surface area contributed by atoms with E-state index in [4.69, 9.17) is 9.84 Å². The Labute approximate surface area is 94.3 Å². The van der Waals surface area contributed by atoms with Crippen LogP contribution in [0, 0.1) is 13.8 Å². The van der Waals surface area contributed by atoms with E-state index in [2.05, 4.69) is 4.98 Å². The lowest BCUT2D eigenvalue weighted by molar-refractivity contribution is 0.0674.